The van der Waals surface area contributed by atoms with Crippen molar-refractivity contribution in [2.75, 3.05) is 17.7 Å². The smallest absolute Gasteiger partial charge is 0.227 e. The lowest BCUT2D eigenvalue weighted by Crippen LogP contribution is -2.25. The number of benzene rings is 1. The van der Waals surface area contributed by atoms with E-state index in [1.54, 1.807) is 23.7 Å². The third kappa shape index (κ3) is 4.12. The third-order valence-electron chi connectivity index (χ3n) is 2.36. The quantitative estimate of drug-likeness (QED) is 0.752. The van der Waals surface area contributed by atoms with Crippen LogP contribution in [0.5, 0.6) is 0 Å². The second kappa shape index (κ2) is 6.97. The molecule has 1 amide bonds. The standard InChI is InChI=1S/C13H16N2OS/c1-3-17-12-8-6-11(7-9-12)15(2)13(16)5-4-10-14/h6-9H,3-5H2,1-2H3. The molecule has 17 heavy (non-hydrogen) atoms. The van der Waals surface area contributed by atoms with Crippen LogP contribution in [-0.2, 0) is 4.79 Å². The zero-order valence-electron chi connectivity index (χ0n) is 10.1. The SMILES string of the molecule is CCSc1ccc(N(C)C(=O)CCC#N)cc1. The molecule has 0 aliphatic rings. The van der Waals surface area contributed by atoms with Gasteiger partial charge in [-0.05, 0) is 30.0 Å². The van der Waals surface area contributed by atoms with Gasteiger partial charge in [0.25, 0.3) is 0 Å². The summed E-state index contributed by atoms with van der Waals surface area (Å²) in [5, 5.41) is 8.44. The number of thioether (sulfide) groups is 1. The summed E-state index contributed by atoms with van der Waals surface area (Å²) in [6.45, 7) is 2.11. The highest BCUT2D eigenvalue weighted by Crippen LogP contribution is 2.21. The normalized spacial score (nSPS) is 9.71. The molecule has 4 heteroatoms. The minimum Gasteiger partial charge on any atom is -0.315 e. The predicted molar refractivity (Wildman–Crippen MR) is 71.1 cm³/mol. The molecule has 0 aromatic heterocycles. The summed E-state index contributed by atoms with van der Waals surface area (Å²) in [7, 11) is 1.74. The molecule has 1 aromatic rings. The van der Waals surface area contributed by atoms with E-state index in [-0.39, 0.29) is 18.7 Å². The van der Waals surface area contributed by atoms with Crippen LogP contribution in [0.2, 0.25) is 0 Å². The van der Waals surface area contributed by atoms with Gasteiger partial charge < -0.3 is 4.90 Å². The molecule has 0 unspecified atom stereocenters. The highest BCUT2D eigenvalue weighted by atomic mass is 32.2. The van der Waals surface area contributed by atoms with E-state index in [0.717, 1.165) is 11.4 Å². The molecule has 0 spiro atoms. The first-order chi connectivity index (χ1) is 8.19. The largest absolute Gasteiger partial charge is 0.315 e. The minimum atomic E-state index is -0.0255. The summed E-state index contributed by atoms with van der Waals surface area (Å²) < 4.78 is 0. The number of rotatable bonds is 5. The number of hydrogen-bond acceptors (Lipinski definition) is 3. The Labute approximate surface area is 106 Å². The van der Waals surface area contributed by atoms with Crippen LogP contribution in [-0.4, -0.2) is 18.7 Å². The fourth-order valence-corrected chi connectivity index (χ4v) is 2.07. The maximum Gasteiger partial charge on any atom is 0.227 e. The Morgan fingerprint density at radius 2 is 2.06 bits per heavy atom. The van der Waals surface area contributed by atoms with Crippen LogP contribution in [0.1, 0.15) is 19.8 Å². The zero-order chi connectivity index (χ0) is 12.7. The Morgan fingerprint density at radius 3 is 2.59 bits per heavy atom. The fourth-order valence-electron chi connectivity index (χ4n) is 1.41. The third-order valence-corrected chi connectivity index (χ3v) is 3.25. The average molecular weight is 248 g/mol. The first kappa shape index (κ1) is 13.6. The zero-order valence-corrected chi connectivity index (χ0v) is 11.0. The summed E-state index contributed by atoms with van der Waals surface area (Å²) >= 11 is 1.77. The van der Waals surface area contributed by atoms with Crippen molar-refractivity contribution < 1.29 is 4.79 Å². The van der Waals surface area contributed by atoms with E-state index in [9.17, 15) is 4.79 Å². The average Bonchev–Trinajstić information content (AvgIpc) is 2.36. The van der Waals surface area contributed by atoms with Crippen molar-refractivity contribution in [3.05, 3.63) is 24.3 Å². The molecular formula is C13H16N2OS. The lowest BCUT2D eigenvalue weighted by molar-refractivity contribution is -0.118. The Hall–Kier alpha value is -1.47. The molecular weight excluding hydrogens is 232 g/mol. The Morgan fingerprint density at radius 1 is 1.41 bits per heavy atom. The topological polar surface area (TPSA) is 44.1 Å². The van der Waals surface area contributed by atoms with Crippen LogP contribution in [0.3, 0.4) is 0 Å². The Kier molecular flexibility index (Phi) is 5.58. The van der Waals surface area contributed by atoms with Gasteiger partial charge in [-0.15, -0.1) is 11.8 Å². The molecule has 1 aromatic carbocycles. The van der Waals surface area contributed by atoms with Gasteiger partial charge in [0, 0.05) is 30.5 Å². The van der Waals surface area contributed by atoms with Crippen molar-refractivity contribution in [3.63, 3.8) is 0 Å². The van der Waals surface area contributed by atoms with E-state index in [2.05, 4.69) is 6.92 Å². The van der Waals surface area contributed by atoms with Gasteiger partial charge in [0.1, 0.15) is 0 Å². The van der Waals surface area contributed by atoms with Gasteiger partial charge >= 0.3 is 0 Å². The van der Waals surface area contributed by atoms with E-state index < -0.39 is 0 Å². The lowest BCUT2D eigenvalue weighted by Gasteiger charge is -2.16. The van der Waals surface area contributed by atoms with Crippen LogP contribution in [0.25, 0.3) is 0 Å². The summed E-state index contributed by atoms with van der Waals surface area (Å²) in [5.41, 5.74) is 0.869. The molecule has 1 rings (SSSR count). The van der Waals surface area contributed by atoms with E-state index >= 15 is 0 Å². The fraction of sp³-hybridized carbons (Fsp3) is 0.385. The highest BCUT2D eigenvalue weighted by molar-refractivity contribution is 7.99. The van der Waals surface area contributed by atoms with Gasteiger partial charge in [-0.25, -0.2) is 0 Å². The molecule has 0 saturated heterocycles. The minimum absolute atomic E-state index is 0.0255. The first-order valence-corrected chi connectivity index (χ1v) is 6.54. The van der Waals surface area contributed by atoms with Crippen LogP contribution >= 0.6 is 11.8 Å². The van der Waals surface area contributed by atoms with Gasteiger partial charge in [0.15, 0.2) is 0 Å². The van der Waals surface area contributed by atoms with Gasteiger partial charge in [-0.1, -0.05) is 6.92 Å². The lowest BCUT2D eigenvalue weighted by atomic mass is 10.2. The molecule has 0 saturated carbocycles. The number of nitriles is 1. The maximum atomic E-state index is 11.7. The molecule has 90 valence electrons. The van der Waals surface area contributed by atoms with Crippen LogP contribution in [0.4, 0.5) is 5.69 Å². The molecule has 0 bridgehead atoms. The number of carbonyl (C=O) groups excluding carboxylic acids is 1. The van der Waals surface area contributed by atoms with Crippen LogP contribution in [0, 0.1) is 11.3 Å². The van der Waals surface area contributed by atoms with E-state index in [4.69, 9.17) is 5.26 Å². The summed E-state index contributed by atoms with van der Waals surface area (Å²) in [6.07, 6.45) is 0.547. The van der Waals surface area contributed by atoms with Gasteiger partial charge in [0.2, 0.25) is 5.91 Å². The number of hydrogen-bond donors (Lipinski definition) is 0. The number of amides is 1. The van der Waals surface area contributed by atoms with Gasteiger partial charge in [-0.3, -0.25) is 4.79 Å². The Balaban J connectivity index is 2.66. The molecule has 0 atom stereocenters. The van der Waals surface area contributed by atoms with Crippen LogP contribution in [0.15, 0.2) is 29.2 Å². The molecule has 0 aliphatic carbocycles. The van der Waals surface area contributed by atoms with Gasteiger partial charge in [-0.2, -0.15) is 5.26 Å². The van der Waals surface area contributed by atoms with Crippen molar-refractivity contribution in [1.29, 1.82) is 5.26 Å². The van der Waals surface area contributed by atoms with Crippen molar-refractivity contribution in [1.82, 2.24) is 0 Å². The van der Waals surface area contributed by atoms with Crippen molar-refractivity contribution in [2.45, 2.75) is 24.7 Å². The van der Waals surface area contributed by atoms with Crippen molar-refractivity contribution in [2.24, 2.45) is 0 Å². The van der Waals surface area contributed by atoms with Crippen molar-refractivity contribution >= 4 is 23.4 Å². The first-order valence-electron chi connectivity index (χ1n) is 5.55. The highest BCUT2D eigenvalue weighted by Gasteiger charge is 2.09. The second-order valence-electron chi connectivity index (χ2n) is 3.54. The van der Waals surface area contributed by atoms with E-state index in [1.807, 2.05) is 30.3 Å². The molecule has 3 nitrogen and oxygen atoms in total. The summed E-state index contributed by atoms with van der Waals surface area (Å²) in [4.78, 5) is 14.5. The van der Waals surface area contributed by atoms with E-state index in [0.29, 0.717) is 0 Å². The second-order valence-corrected chi connectivity index (χ2v) is 4.88. The van der Waals surface area contributed by atoms with Crippen LogP contribution < -0.4 is 4.90 Å². The van der Waals surface area contributed by atoms with Gasteiger partial charge in [0.05, 0.1) is 6.07 Å². The maximum absolute atomic E-state index is 11.7. The van der Waals surface area contributed by atoms with E-state index in [1.165, 1.54) is 4.90 Å². The molecule has 0 N–H and O–H groups in total. The number of anilines is 1. The molecule has 0 fully saturated rings. The number of carbonyl (C=O) groups is 1. The molecule has 0 aliphatic heterocycles. The monoisotopic (exact) mass is 248 g/mol. The number of nitrogens with zero attached hydrogens (tertiary/aromatic N) is 2. The molecule has 0 heterocycles. The Bertz CT molecular complexity index is 408. The molecule has 0 radical (unpaired) electrons. The summed E-state index contributed by atoms with van der Waals surface area (Å²) in [5.74, 6) is 1.01. The predicted octanol–water partition coefficient (Wildman–Crippen LogP) is 3.07. The van der Waals surface area contributed by atoms with Crippen molar-refractivity contribution in [3.8, 4) is 6.07 Å². The summed E-state index contributed by atoms with van der Waals surface area (Å²) in [6, 6.07) is 9.87.